The van der Waals surface area contributed by atoms with Gasteiger partial charge in [0.2, 0.25) is 0 Å². The molecule has 0 aromatic heterocycles. The van der Waals surface area contributed by atoms with E-state index >= 15 is 0 Å². The molecule has 0 radical (unpaired) electrons. The van der Waals surface area contributed by atoms with E-state index in [0.29, 0.717) is 11.9 Å². The molecule has 0 bridgehead atoms. The maximum absolute atomic E-state index is 5.62. The number of aliphatic imine (C=N–C) groups is 1. The van der Waals surface area contributed by atoms with Crippen LogP contribution in [0, 0.1) is 5.92 Å². The summed E-state index contributed by atoms with van der Waals surface area (Å²) in [6.07, 6.45) is 3.45. The van der Waals surface area contributed by atoms with Crippen molar-refractivity contribution >= 4 is 16.9 Å². The van der Waals surface area contributed by atoms with Gasteiger partial charge in [-0.1, -0.05) is 38.5 Å². The van der Waals surface area contributed by atoms with Crippen molar-refractivity contribution in [3.05, 3.63) is 0 Å². The third kappa shape index (κ3) is 3.64. The van der Waals surface area contributed by atoms with Gasteiger partial charge in [-0.25, -0.2) is 0 Å². The second kappa shape index (κ2) is 6.95. The van der Waals surface area contributed by atoms with Crippen molar-refractivity contribution < 1.29 is 9.47 Å². The van der Waals surface area contributed by atoms with Crippen LogP contribution in [0.25, 0.3) is 0 Å². The molecule has 0 saturated carbocycles. The first kappa shape index (κ1) is 15.1. The van der Waals surface area contributed by atoms with Gasteiger partial charge in [0.15, 0.2) is 5.17 Å². The number of hydrogen-bond donors (Lipinski definition) is 1. The maximum atomic E-state index is 5.62. The Morgan fingerprint density at radius 2 is 2.32 bits per heavy atom. The third-order valence-corrected chi connectivity index (χ3v) is 5.65. The first-order valence-corrected chi connectivity index (χ1v) is 8.19. The molecule has 5 heteroatoms. The van der Waals surface area contributed by atoms with Crippen LogP contribution < -0.4 is 5.32 Å². The third-order valence-electron chi connectivity index (χ3n) is 4.31. The van der Waals surface area contributed by atoms with E-state index in [9.17, 15) is 0 Å². The number of nitrogens with one attached hydrogen (secondary N) is 1. The Labute approximate surface area is 120 Å². The van der Waals surface area contributed by atoms with Gasteiger partial charge in [-0.15, -0.1) is 0 Å². The topological polar surface area (TPSA) is 42.9 Å². The number of thioether (sulfide) groups is 1. The van der Waals surface area contributed by atoms with Gasteiger partial charge in [0.25, 0.3) is 0 Å². The van der Waals surface area contributed by atoms with Gasteiger partial charge < -0.3 is 14.8 Å². The van der Waals surface area contributed by atoms with Crippen molar-refractivity contribution in [2.75, 3.05) is 33.4 Å². The van der Waals surface area contributed by atoms with E-state index in [1.165, 1.54) is 12.8 Å². The minimum Gasteiger partial charge on any atom is -0.378 e. The molecule has 110 valence electrons. The van der Waals surface area contributed by atoms with E-state index in [1.807, 2.05) is 11.8 Å². The molecule has 2 rings (SSSR count). The number of ether oxygens (including phenoxy) is 2. The fraction of sp³-hybridized carbons (Fsp3) is 0.929. The van der Waals surface area contributed by atoms with Crippen LogP contribution in [-0.4, -0.2) is 49.4 Å². The van der Waals surface area contributed by atoms with Gasteiger partial charge in [0.1, 0.15) is 5.60 Å². The predicted molar refractivity (Wildman–Crippen MR) is 80.9 cm³/mol. The van der Waals surface area contributed by atoms with Crippen LogP contribution in [-0.2, 0) is 9.47 Å². The summed E-state index contributed by atoms with van der Waals surface area (Å²) in [5.74, 6) is 0.777. The van der Waals surface area contributed by atoms with Crippen LogP contribution in [0.5, 0.6) is 0 Å². The minimum absolute atomic E-state index is 0.157. The van der Waals surface area contributed by atoms with E-state index in [2.05, 4.69) is 24.2 Å². The van der Waals surface area contributed by atoms with Crippen molar-refractivity contribution in [2.45, 2.75) is 44.0 Å². The highest BCUT2D eigenvalue weighted by atomic mass is 32.2. The molecular formula is C14H26N2O2S. The average Bonchev–Trinajstić information content (AvgIpc) is 3.08. The van der Waals surface area contributed by atoms with Crippen molar-refractivity contribution in [3.63, 3.8) is 0 Å². The Morgan fingerprint density at radius 3 is 2.89 bits per heavy atom. The Morgan fingerprint density at radius 1 is 1.53 bits per heavy atom. The maximum Gasteiger partial charge on any atom is 0.157 e. The molecule has 1 saturated heterocycles. The summed E-state index contributed by atoms with van der Waals surface area (Å²) in [6.45, 7) is 7.78. The zero-order valence-electron chi connectivity index (χ0n) is 12.3. The van der Waals surface area contributed by atoms with Gasteiger partial charge in [0.05, 0.1) is 13.2 Å². The fourth-order valence-electron chi connectivity index (χ4n) is 2.75. The molecule has 2 aliphatic rings. The quantitative estimate of drug-likeness (QED) is 0.813. The van der Waals surface area contributed by atoms with E-state index < -0.39 is 0 Å². The highest BCUT2D eigenvalue weighted by molar-refractivity contribution is 8.14. The lowest BCUT2D eigenvalue weighted by Gasteiger charge is -2.26. The standard InChI is InChI=1S/C14H26N2O2S/c1-4-11(5-2)12-8-15-13(19-12)16-9-14(17-3)6-7-18-10-14/h11-12H,4-10H2,1-3H3,(H,15,16). The van der Waals surface area contributed by atoms with Crippen LogP contribution in [0.15, 0.2) is 4.99 Å². The van der Waals surface area contributed by atoms with Crippen LogP contribution in [0.3, 0.4) is 0 Å². The molecule has 1 fully saturated rings. The summed E-state index contributed by atoms with van der Waals surface area (Å²) in [4.78, 5) is 4.63. The summed E-state index contributed by atoms with van der Waals surface area (Å²) in [7, 11) is 1.77. The van der Waals surface area contributed by atoms with E-state index in [0.717, 1.165) is 37.2 Å². The van der Waals surface area contributed by atoms with E-state index in [4.69, 9.17) is 9.47 Å². The molecule has 0 spiro atoms. The average molecular weight is 286 g/mol. The van der Waals surface area contributed by atoms with E-state index in [-0.39, 0.29) is 5.60 Å². The monoisotopic (exact) mass is 286 g/mol. The Bertz CT molecular complexity index is 313. The van der Waals surface area contributed by atoms with Crippen LogP contribution in [0.2, 0.25) is 0 Å². The molecule has 19 heavy (non-hydrogen) atoms. The Balaban J connectivity index is 1.79. The lowest BCUT2D eigenvalue weighted by Crippen LogP contribution is -2.44. The smallest absolute Gasteiger partial charge is 0.157 e. The largest absolute Gasteiger partial charge is 0.378 e. The molecule has 2 atom stereocenters. The second-order valence-corrected chi connectivity index (χ2v) is 6.65. The van der Waals surface area contributed by atoms with Gasteiger partial charge in [-0.05, 0) is 5.92 Å². The first-order chi connectivity index (χ1) is 9.23. The van der Waals surface area contributed by atoms with E-state index in [1.54, 1.807) is 7.11 Å². The summed E-state index contributed by atoms with van der Waals surface area (Å²) in [6, 6.07) is 0. The highest BCUT2D eigenvalue weighted by Gasteiger charge is 2.36. The highest BCUT2D eigenvalue weighted by Crippen LogP contribution is 2.30. The summed E-state index contributed by atoms with van der Waals surface area (Å²) >= 11 is 1.90. The van der Waals surface area contributed by atoms with Crippen molar-refractivity contribution in [3.8, 4) is 0 Å². The number of methoxy groups -OCH3 is 1. The van der Waals surface area contributed by atoms with Crippen LogP contribution in [0.1, 0.15) is 33.1 Å². The van der Waals surface area contributed by atoms with Gasteiger partial charge in [-0.2, -0.15) is 0 Å². The second-order valence-electron chi connectivity index (χ2n) is 5.42. The fourth-order valence-corrected chi connectivity index (χ4v) is 4.06. The zero-order valence-corrected chi connectivity index (χ0v) is 13.1. The van der Waals surface area contributed by atoms with Gasteiger partial charge in [0, 0.05) is 31.9 Å². The lowest BCUT2D eigenvalue weighted by atomic mass is 9.99. The number of rotatable bonds is 6. The normalized spacial score (nSPS) is 30.9. The molecule has 0 aromatic carbocycles. The zero-order chi connectivity index (χ0) is 13.7. The molecule has 4 nitrogen and oxygen atoms in total. The molecule has 0 aromatic rings. The molecule has 1 N–H and O–H groups in total. The predicted octanol–water partition coefficient (Wildman–Crippen LogP) is 2.29. The van der Waals surface area contributed by atoms with Crippen molar-refractivity contribution in [2.24, 2.45) is 10.9 Å². The van der Waals surface area contributed by atoms with Gasteiger partial charge in [-0.3, -0.25) is 4.99 Å². The molecule has 0 amide bonds. The summed E-state index contributed by atoms with van der Waals surface area (Å²) in [5, 5.41) is 5.19. The summed E-state index contributed by atoms with van der Waals surface area (Å²) < 4.78 is 11.1. The Hall–Kier alpha value is -0.260. The molecule has 0 aliphatic carbocycles. The minimum atomic E-state index is -0.157. The van der Waals surface area contributed by atoms with Crippen molar-refractivity contribution in [1.82, 2.24) is 5.32 Å². The number of hydrogen-bond acceptors (Lipinski definition) is 5. The lowest BCUT2D eigenvalue weighted by molar-refractivity contribution is -0.0125. The Kier molecular flexibility index (Phi) is 5.54. The molecule has 2 aliphatic heterocycles. The molecular weight excluding hydrogens is 260 g/mol. The summed E-state index contributed by atoms with van der Waals surface area (Å²) in [5.41, 5.74) is -0.157. The number of nitrogens with zero attached hydrogens (tertiary/aromatic N) is 1. The van der Waals surface area contributed by atoms with Crippen LogP contribution in [0.4, 0.5) is 0 Å². The van der Waals surface area contributed by atoms with Crippen LogP contribution >= 0.6 is 11.8 Å². The van der Waals surface area contributed by atoms with Crippen molar-refractivity contribution in [1.29, 1.82) is 0 Å². The van der Waals surface area contributed by atoms with Gasteiger partial charge >= 0.3 is 0 Å². The number of amidine groups is 1. The molecule has 2 unspecified atom stereocenters. The first-order valence-electron chi connectivity index (χ1n) is 7.31. The molecule has 2 heterocycles. The SMILES string of the molecule is CCC(CC)C1CN=C(NCC2(OC)CCOC2)S1.